The second kappa shape index (κ2) is 8.93. The molecule has 0 aliphatic heterocycles. The summed E-state index contributed by atoms with van der Waals surface area (Å²) in [5, 5.41) is 10.8. The number of benzene rings is 2. The zero-order valence-electron chi connectivity index (χ0n) is 17.6. The second-order valence-corrected chi connectivity index (χ2v) is 7.40. The third-order valence-corrected chi connectivity index (χ3v) is 5.32. The lowest BCUT2D eigenvalue weighted by Gasteiger charge is -2.14. The van der Waals surface area contributed by atoms with Gasteiger partial charge in [0, 0.05) is 22.8 Å². The fourth-order valence-corrected chi connectivity index (χ4v) is 3.71. The number of carbonyl (C=O) groups excluding carboxylic acids is 1. The molecule has 162 valence electrons. The van der Waals surface area contributed by atoms with Crippen molar-refractivity contribution in [2.24, 2.45) is 0 Å². The van der Waals surface area contributed by atoms with E-state index in [0.29, 0.717) is 21.2 Å². The van der Waals surface area contributed by atoms with E-state index in [1.54, 1.807) is 19.1 Å². The molecule has 7 nitrogen and oxygen atoms in total. The molecule has 0 radical (unpaired) electrons. The summed E-state index contributed by atoms with van der Waals surface area (Å²) in [5.74, 6) is -0.784. The average molecular weight is 429 g/mol. The van der Waals surface area contributed by atoms with Crippen LogP contribution in [0.5, 0.6) is 0 Å². The zero-order chi connectivity index (χ0) is 22.7. The van der Waals surface area contributed by atoms with Crippen molar-refractivity contribution < 1.29 is 14.7 Å². The lowest BCUT2D eigenvalue weighted by Crippen LogP contribution is -2.28. The van der Waals surface area contributed by atoms with Gasteiger partial charge in [-0.3, -0.25) is 4.79 Å². The second-order valence-electron chi connectivity index (χ2n) is 7.40. The van der Waals surface area contributed by atoms with Crippen LogP contribution in [0.2, 0.25) is 0 Å². The Kier molecular flexibility index (Phi) is 5.89. The molecule has 0 saturated heterocycles. The van der Waals surface area contributed by atoms with Crippen molar-refractivity contribution in [2.75, 3.05) is 12.3 Å². The average Bonchev–Trinajstić information content (AvgIpc) is 2.81. The van der Waals surface area contributed by atoms with E-state index < -0.39 is 11.5 Å². The smallest absolute Gasteiger partial charge is 0.344 e. The van der Waals surface area contributed by atoms with E-state index in [0.717, 1.165) is 24.1 Å². The molecule has 0 saturated carbocycles. The maximum absolute atomic E-state index is 12.8. The number of ether oxygens (including phenoxy) is 1. The van der Waals surface area contributed by atoms with Gasteiger partial charge in [0.2, 0.25) is 0 Å². The number of rotatable bonds is 6. The number of carbonyl (C=O) groups is 1. The predicted octanol–water partition coefficient (Wildman–Crippen LogP) is 3.84. The minimum absolute atomic E-state index is 0.0768. The van der Waals surface area contributed by atoms with Gasteiger partial charge in [0.25, 0.3) is 5.56 Å². The van der Waals surface area contributed by atoms with E-state index in [-0.39, 0.29) is 17.8 Å². The van der Waals surface area contributed by atoms with Crippen LogP contribution >= 0.6 is 0 Å². The van der Waals surface area contributed by atoms with Crippen LogP contribution in [-0.4, -0.2) is 27.5 Å². The molecule has 4 aromatic rings. The highest BCUT2D eigenvalue weighted by Crippen LogP contribution is 2.30. The SMILES string of the molecule is CCOC(=O)c1c(-c2ccc(CCc3ccc(N)cc3)cc2)c2cccnc2n(O)c1=O. The van der Waals surface area contributed by atoms with Gasteiger partial charge >= 0.3 is 5.97 Å². The van der Waals surface area contributed by atoms with Crippen molar-refractivity contribution in [2.45, 2.75) is 19.8 Å². The van der Waals surface area contributed by atoms with Gasteiger partial charge in [-0.2, -0.15) is 0 Å². The summed E-state index contributed by atoms with van der Waals surface area (Å²) in [5.41, 5.74) is 8.84. The van der Waals surface area contributed by atoms with Crippen LogP contribution in [0.25, 0.3) is 22.2 Å². The lowest BCUT2D eigenvalue weighted by molar-refractivity contribution is 0.0520. The third-order valence-electron chi connectivity index (χ3n) is 5.32. The zero-order valence-corrected chi connectivity index (χ0v) is 17.6. The monoisotopic (exact) mass is 429 g/mol. The minimum Gasteiger partial charge on any atom is -0.462 e. The first-order valence-corrected chi connectivity index (χ1v) is 10.3. The van der Waals surface area contributed by atoms with Crippen LogP contribution in [0.15, 0.2) is 71.7 Å². The number of fused-ring (bicyclic) bond motifs is 1. The number of nitrogens with zero attached hydrogens (tertiary/aromatic N) is 2. The fraction of sp³-hybridized carbons (Fsp3) is 0.160. The Morgan fingerprint density at radius 3 is 2.28 bits per heavy atom. The Morgan fingerprint density at radius 1 is 1.03 bits per heavy atom. The normalized spacial score (nSPS) is 10.9. The number of nitrogens with two attached hydrogens (primary N) is 1. The molecule has 7 heteroatoms. The molecule has 4 rings (SSSR count). The van der Waals surface area contributed by atoms with Crippen LogP contribution in [0.4, 0.5) is 5.69 Å². The van der Waals surface area contributed by atoms with Gasteiger partial charge in [0.1, 0.15) is 5.56 Å². The Hall–Kier alpha value is -4.13. The number of hydrogen-bond acceptors (Lipinski definition) is 6. The van der Waals surface area contributed by atoms with E-state index in [9.17, 15) is 14.8 Å². The molecule has 0 amide bonds. The molecule has 32 heavy (non-hydrogen) atoms. The topological polar surface area (TPSA) is 107 Å². The summed E-state index contributed by atoms with van der Waals surface area (Å²) in [7, 11) is 0. The summed E-state index contributed by atoms with van der Waals surface area (Å²) in [4.78, 5) is 29.5. The molecule has 0 aliphatic carbocycles. The third kappa shape index (κ3) is 4.05. The van der Waals surface area contributed by atoms with Gasteiger partial charge in [-0.25, -0.2) is 9.78 Å². The van der Waals surface area contributed by atoms with E-state index in [2.05, 4.69) is 4.98 Å². The highest BCUT2D eigenvalue weighted by atomic mass is 16.5. The fourth-order valence-electron chi connectivity index (χ4n) is 3.71. The molecular formula is C25H23N3O4. The van der Waals surface area contributed by atoms with Crippen molar-refractivity contribution in [1.29, 1.82) is 0 Å². The van der Waals surface area contributed by atoms with Gasteiger partial charge in [-0.1, -0.05) is 36.4 Å². The maximum atomic E-state index is 12.8. The molecule has 2 heterocycles. The summed E-state index contributed by atoms with van der Waals surface area (Å²) < 4.78 is 5.50. The maximum Gasteiger partial charge on any atom is 0.344 e. The van der Waals surface area contributed by atoms with Gasteiger partial charge < -0.3 is 15.7 Å². The molecule has 2 aromatic carbocycles. The molecule has 3 N–H and O–H groups in total. The van der Waals surface area contributed by atoms with Crippen LogP contribution in [-0.2, 0) is 17.6 Å². The predicted molar refractivity (Wildman–Crippen MR) is 123 cm³/mol. The molecule has 2 aromatic heterocycles. The number of esters is 1. The molecule has 0 bridgehead atoms. The highest BCUT2D eigenvalue weighted by molar-refractivity contribution is 6.06. The van der Waals surface area contributed by atoms with Gasteiger partial charge in [-0.05, 0) is 60.7 Å². The van der Waals surface area contributed by atoms with E-state index in [1.165, 1.54) is 11.8 Å². The number of pyridine rings is 2. The van der Waals surface area contributed by atoms with Gasteiger partial charge in [-0.15, -0.1) is 4.73 Å². The number of aromatic nitrogens is 2. The molecule has 0 atom stereocenters. The minimum atomic E-state index is -0.864. The van der Waals surface area contributed by atoms with Crippen LogP contribution in [0.1, 0.15) is 28.4 Å². The number of anilines is 1. The summed E-state index contributed by atoms with van der Waals surface area (Å²) >= 11 is 0. The number of hydrogen-bond donors (Lipinski definition) is 2. The first kappa shape index (κ1) is 21.1. The summed E-state index contributed by atoms with van der Waals surface area (Å²) in [6, 6.07) is 18.9. The van der Waals surface area contributed by atoms with Gasteiger partial charge in [0.05, 0.1) is 6.61 Å². The number of nitrogen functional groups attached to an aromatic ring is 1. The molecule has 0 aliphatic rings. The Bertz CT molecular complexity index is 1330. The van der Waals surface area contributed by atoms with E-state index in [4.69, 9.17) is 10.5 Å². The summed E-state index contributed by atoms with van der Waals surface area (Å²) in [6.45, 7) is 1.77. The standard InChI is InChI=1S/C25H23N3O4/c1-2-32-25(30)22-21(20-4-3-15-27-23(20)28(31)24(22)29)18-11-7-16(8-12-18)5-6-17-9-13-19(26)14-10-17/h3-4,7-15,31H,2,5-6,26H2,1H3. The lowest BCUT2D eigenvalue weighted by atomic mass is 9.95. The van der Waals surface area contributed by atoms with Gasteiger partial charge in [0.15, 0.2) is 5.65 Å². The highest BCUT2D eigenvalue weighted by Gasteiger charge is 2.25. The summed E-state index contributed by atoms with van der Waals surface area (Å²) in [6.07, 6.45) is 3.17. The van der Waals surface area contributed by atoms with Crippen molar-refractivity contribution >= 4 is 22.7 Å². The molecular weight excluding hydrogens is 406 g/mol. The van der Waals surface area contributed by atoms with Crippen LogP contribution < -0.4 is 11.3 Å². The van der Waals surface area contributed by atoms with Crippen LogP contribution in [0, 0.1) is 0 Å². The Balaban J connectivity index is 1.74. The Labute approximate surface area is 184 Å². The van der Waals surface area contributed by atoms with Crippen molar-refractivity contribution in [3.05, 3.63) is 93.9 Å². The Morgan fingerprint density at radius 2 is 1.66 bits per heavy atom. The largest absolute Gasteiger partial charge is 0.462 e. The quantitative estimate of drug-likeness (QED) is 0.274. The van der Waals surface area contributed by atoms with Crippen LogP contribution in [0.3, 0.4) is 0 Å². The molecule has 0 unspecified atom stereocenters. The number of aryl methyl sites for hydroxylation is 2. The van der Waals surface area contributed by atoms with E-state index >= 15 is 0 Å². The molecule has 0 fully saturated rings. The van der Waals surface area contributed by atoms with Crippen molar-refractivity contribution in [3.63, 3.8) is 0 Å². The first-order chi connectivity index (χ1) is 15.5. The van der Waals surface area contributed by atoms with Crippen molar-refractivity contribution in [1.82, 2.24) is 9.71 Å². The first-order valence-electron chi connectivity index (χ1n) is 10.3. The van der Waals surface area contributed by atoms with E-state index in [1.807, 2.05) is 48.5 Å². The molecule has 0 spiro atoms. The van der Waals surface area contributed by atoms with Crippen molar-refractivity contribution in [3.8, 4) is 11.1 Å².